The van der Waals surface area contributed by atoms with Crippen molar-refractivity contribution in [3.63, 3.8) is 0 Å². The molecule has 1 aliphatic rings. The first kappa shape index (κ1) is 21.6. The number of carbonyl (C=O) groups is 1. The van der Waals surface area contributed by atoms with Gasteiger partial charge in [0.15, 0.2) is 0 Å². The van der Waals surface area contributed by atoms with Gasteiger partial charge in [0.1, 0.15) is 6.79 Å². The summed E-state index contributed by atoms with van der Waals surface area (Å²) in [6.07, 6.45) is 1.15. The Bertz CT molecular complexity index is 815. The first-order valence-electron chi connectivity index (χ1n) is 9.62. The molecule has 6 nitrogen and oxygen atoms in total. The summed E-state index contributed by atoms with van der Waals surface area (Å²) in [5, 5.41) is 9.85. The number of ether oxygens (including phenoxy) is 2. The number of likely N-dealkylation sites (N-methyl/N-ethyl adjacent to an activating group) is 1. The van der Waals surface area contributed by atoms with E-state index < -0.39 is 5.97 Å². The normalized spacial score (nSPS) is 18.0. The molecule has 0 aliphatic carbocycles. The highest BCUT2D eigenvalue weighted by molar-refractivity contribution is 6.30. The molecule has 1 N–H and O–H groups in total. The van der Waals surface area contributed by atoms with Gasteiger partial charge in [-0.25, -0.2) is 4.79 Å². The first-order chi connectivity index (χ1) is 14.0. The maximum Gasteiger partial charge on any atom is 0.335 e. The molecule has 1 saturated heterocycles. The third-order valence-corrected chi connectivity index (χ3v) is 5.54. The Hall–Kier alpha value is -2.12. The Morgan fingerprint density at radius 3 is 2.72 bits per heavy atom. The van der Waals surface area contributed by atoms with Crippen molar-refractivity contribution in [1.82, 2.24) is 4.90 Å². The Morgan fingerprint density at radius 2 is 2.07 bits per heavy atom. The predicted octanol–water partition coefficient (Wildman–Crippen LogP) is 3.91. The van der Waals surface area contributed by atoms with E-state index in [2.05, 4.69) is 15.9 Å². The van der Waals surface area contributed by atoms with Crippen LogP contribution in [-0.2, 0) is 9.47 Å². The van der Waals surface area contributed by atoms with Crippen LogP contribution in [0.5, 0.6) is 0 Å². The van der Waals surface area contributed by atoms with Gasteiger partial charge in [-0.05, 0) is 48.4 Å². The molecule has 0 amide bonds. The molecular formula is C22H27ClN2O4. The minimum atomic E-state index is -0.926. The number of aromatic carboxylic acids is 1. The minimum Gasteiger partial charge on any atom is -0.478 e. The maximum absolute atomic E-state index is 11.2. The number of anilines is 1. The van der Waals surface area contributed by atoms with E-state index in [4.69, 9.17) is 26.2 Å². The zero-order chi connectivity index (χ0) is 20.8. The summed E-state index contributed by atoms with van der Waals surface area (Å²) in [5.74, 6) is -0.926. The lowest BCUT2D eigenvalue weighted by Gasteiger charge is -2.34. The molecule has 7 heteroatoms. The van der Waals surface area contributed by atoms with E-state index in [1.807, 2.05) is 37.4 Å². The molecule has 29 heavy (non-hydrogen) atoms. The number of rotatable bonds is 9. The van der Waals surface area contributed by atoms with Crippen LogP contribution < -0.4 is 4.90 Å². The number of likely N-dealkylation sites (tertiary alicyclic amines) is 1. The Kier molecular flexibility index (Phi) is 7.50. The summed E-state index contributed by atoms with van der Waals surface area (Å²) < 4.78 is 10.7. The standard InChI is InChI=1S/C22H27ClN2O4/c1-24(19-8-6-16(7-9-19)22(26)27)21(17-4-3-5-18(23)12-17)14-25-11-10-20(13-25)29-15-28-2/h3-9,12,20-21H,10-11,13-15H2,1-2H3,(H,26,27)/t20-,21+/m0/s1. The highest BCUT2D eigenvalue weighted by Crippen LogP contribution is 2.29. The van der Waals surface area contributed by atoms with Crippen LogP contribution in [0.4, 0.5) is 5.69 Å². The number of methoxy groups -OCH3 is 1. The number of nitrogens with zero attached hydrogens (tertiary/aromatic N) is 2. The molecule has 2 atom stereocenters. The van der Waals surface area contributed by atoms with Crippen LogP contribution in [-0.4, -0.2) is 62.7 Å². The lowest BCUT2D eigenvalue weighted by Crippen LogP contribution is -2.36. The summed E-state index contributed by atoms with van der Waals surface area (Å²) in [6, 6.07) is 14.9. The molecule has 156 valence electrons. The van der Waals surface area contributed by atoms with Crippen LogP contribution in [0.15, 0.2) is 48.5 Å². The van der Waals surface area contributed by atoms with Crippen LogP contribution in [0.3, 0.4) is 0 Å². The monoisotopic (exact) mass is 418 g/mol. The van der Waals surface area contributed by atoms with Crippen molar-refractivity contribution in [2.75, 3.05) is 45.5 Å². The van der Waals surface area contributed by atoms with Gasteiger partial charge in [0.05, 0.1) is 17.7 Å². The van der Waals surface area contributed by atoms with Gasteiger partial charge in [0, 0.05) is 44.5 Å². The van der Waals surface area contributed by atoms with E-state index in [0.717, 1.165) is 37.3 Å². The molecule has 0 unspecified atom stereocenters. The van der Waals surface area contributed by atoms with E-state index in [9.17, 15) is 4.79 Å². The average Bonchev–Trinajstić information content (AvgIpc) is 3.17. The van der Waals surface area contributed by atoms with Gasteiger partial charge in [0.2, 0.25) is 0 Å². The van der Waals surface area contributed by atoms with Crippen LogP contribution in [0.1, 0.15) is 28.4 Å². The van der Waals surface area contributed by atoms with Gasteiger partial charge in [-0.3, -0.25) is 4.90 Å². The number of hydrogen-bond donors (Lipinski definition) is 1. The second-order valence-electron chi connectivity index (χ2n) is 7.28. The van der Waals surface area contributed by atoms with E-state index in [-0.39, 0.29) is 17.7 Å². The number of carboxylic acids is 1. The zero-order valence-corrected chi connectivity index (χ0v) is 17.5. The van der Waals surface area contributed by atoms with Gasteiger partial charge < -0.3 is 19.5 Å². The van der Waals surface area contributed by atoms with Gasteiger partial charge >= 0.3 is 5.97 Å². The predicted molar refractivity (Wildman–Crippen MR) is 114 cm³/mol. The topological polar surface area (TPSA) is 62.2 Å². The second kappa shape index (κ2) is 10.1. The number of benzene rings is 2. The van der Waals surface area contributed by atoms with Crippen molar-refractivity contribution < 1.29 is 19.4 Å². The molecule has 3 rings (SSSR count). The van der Waals surface area contributed by atoms with Gasteiger partial charge in [-0.15, -0.1) is 0 Å². The second-order valence-corrected chi connectivity index (χ2v) is 7.71. The fraction of sp³-hybridized carbons (Fsp3) is 0.409. The lowest BCUT2D eigenvalue weighted by atomic mass is 10.0. The van der Waals surface area contributed by atoms with Crippen LogP contribution in [0.25, 0.3) is 0 Å². The average molecular weight is 419 g/mol. The molecule has 2 aromatic rings. The molecule has 2 aromatic carbocycles. The smallest absolute Gasteiger partial charge is 0.335 e. The summed E-state index contributed by atoms with van der Waals surface area (Å²) in [4.78, 5) is 15.7. The van der Waals surface area contributed by atoms with Gasteiger partial charge in [-0.1, -0.05) is 23.7 Å². The highest BCUT2D eigenvalue weighted by atomic mass is 35.5. The van der Waals surface area contributed by atoms with Crippen LogP contribution in [0, 0.1) is 0 Å². The molecule has 1 fully saturated rings. The zero-order valence-electron chi connectivity index (χ0n) is 16.8. The number of carboxylic acid groups (broad SMARTS) is 1. The summed E-state index contributed by atoms with van der Waals surface area (Å²) in [7, 11) is 3.66. The third-order valence-electron chi connectivity index (χ3n) is 5.30. The fourth-order valence-corrected chi connectivity index (χ4v) is 3.89. The Labute approximate surface area is 176 Å². The van der Waals surface area contributed by atoms with Gasteiger partial charge in [0.25, 0.3) is 0 Å². The van der Waals surface area contributed by atoms with Crippen molar-refractivity contribution in [2.45, 2.75) is 18.6 Å². The number of hydrogen-bond acceptors (Lipinski definition) is 5. The quantitative estimate of drug-likeness (QED) is 0.623. The molecule has 1 heterocycles. The van der Waals surface area contributed by atoms with Gasteiger partial charge in [-0.2, -0.15) is 0 Å². The number of halogens is 1. The summed E-state index contributed by atoms with van der Waals surface area (Å²) in [5.41, 5.74) is 2.34. The van der Waals surface area contributed by atoms with Crippen molar-refractivity contribution in [3.05, 3.63) is 64.7 Å². The maximum atomic E-state index is 11.2. The molecule has 0 saturated carbocycles. The Morgan fingerprint density at radius 1 is 1.31 bits per heavy atom. The summed E-state index contributed by atoms with van der Waals surface area (Å²) in [6.45, 7) is 2.93. The van der Waals surface area contributed by atoms with E-state index in [1.165, 1.54) is 0 Å². The van der Waals surface area contributed by atoms with E-state index >= 15 is 0 Å². The first-order valence-corrected chi connectivity index (χ1v) is 10.00. The molecule has 0 spiro atoms. The molecule has 1 aliphatic heterocycles. The highest BCUT2D eigenvalue weighted by Gasteiger charge is 2.28. The van der Waals surface area contributed by atoms with Crippen LogP contribution >= 0.6 is 11.6 Å². The van der Waals surface area contributed by atoms with Crippen molar-refractivity contribution in [3.8, 4) is 0 Å². The lowest BCUT2D eigenvalue weighted by molar-refractivity contribution is -0.0671. The van der Waals surface area contributed by atoms with E-state index in [0.29, 0.717) is 11.8 Å². The molecule has 0 bridgehead atoms. The largest absolute Gasteiger partial charge is 0.478 e. The summed E-state index contributed by atoms with van der Waals surface area (Å²) >= 11 is 6.26. The van der Waals surface area contributed by atoms with E-state index in [1.54, 1.807) is 19.2 Å². The molecular weight excluding hydrogens is 392 g/mol. The van der Waals surface area contributed by atoms with Crippen molar-refractivity contribution >= 4 is 23.3 Å². The van der Waals surface area contributed by atoms with Crippen molar-refractivity contribution in [2.24, 2.45) is 0 Å². The molecule has 0 aromatic heterocycles. The molecule has 0 radical (unpaired) electrons. The fourth-order valence-electron chi connectivity index (χ4n) is 3.69. The van der Waals surface area contributed by atoms with Crippen LogP contribution in [0.2, 0.25) is 5.02 Å². The third kappa shape index (κ3) is 5.70. The SMILES string of the molecule is COCO[C@H]1CCN(C[C@H](c2cccc(Cl)c2)N(C)c2ccc(C(=O)O)cc2)C1. The van der Waals surface area contributed by atoms with Crippen molar-refractivity contribution in [1.29, 1.82) is 0 Å². The Balaban J connectivity index is 1.79. The minimum absolute atomic E-state index is 0.0607.